The Hall–Kier alpha value is -2.01. The van der Waals surface area contributed by atoms with Crippen LogP contribution in [0.3, 0.4) is 0 Å². The molecule has 0 radical (unpaired) electrons. The summed E-state index contributed by atoms with van der Waals surface area (Å²) in [6.45, 7) is 5.63. The fourth-order valence-electron chi connectivity index (χ4n) is 1.94. The molecule has 106 valence electrons. The van der Waals surface area contributed by atoms with Crippen molar-refractivity contribution in [2.75, 3.05) is 11.1 Å². The highest BCUT2D eigenvalue weighted by Crippen LogP contribution is 2.21. The normalized spacial score (nSPS) is 10.6. The smallest absolute Gasteiger partial charge is 0.246 e. The van der Waals surface area contributed by atoms with E-state index in [0.717, 1.165) is 17.0 Å². The molecule has 1 heterocycles. The van der Waals surface area contributed by atoms with Crippen molar-refractivity contribution in [3.63, 3.8) is 0 Å². The summed E-state index contributed by atoms with van der Waals surface area (Å²) in [7, 11) is 0. The van der Waals surface area contributed by atoms with Crippen molar-refractivity contribution in [1.82, 2.24) is 9.78 Å². The highest BCUT2D eigenvalue weighted by molar-refractivity contribution is 6.31. The number of hydrogen-bond acceptors (Lipinski definition) is 3. The van der Waals surface area contributed by atoms with Gasteiger partial charge in [-0.2, -0.15) is 5.10 Å². The lowest BCUT2D eigenvalue weighted by atomic mass is 10.1. The summed E-state index contributed by atoms with van der Waals surface area (Å²) in [5.41, 5.74) is 9.53. The average Bonchev–Trinajstić information content (AvgIpc) is 2.63. The molecule has 6 heteroatoms. The molecule has 5 nitrogen and oxygen atoms in total. The first-order valence-corrected chi connectivity index (χ1v) is 6.62. The molecule has 0 aliphatic carbocycles. The molecule has 20 heavy (non-hydrogen) atoms. The van der Waals surface area contributed by atoms with Gasteiger partial charge in [0.1, 0.15) is 6.54 Å². The Morgan fingerprint density at radius 1 is 1.40 bits per heavy atom. The molecule has 1 aromatic carbocycles. The average molecular weight is 293 g/mol. The zero-order valence-electron chi connectivity index (χ0n) is 11.7. The zero-order chi connectivity index (χ0) is 14.9. The number of anilines is 2. The Kier molecular flexibility index (Phi) is 3.99. The van der Waals surface area contributed by atoms with Crippen molar-refractivity contribution in [2.24, 2.45) is 0 Å². The predicted octanol–water partition coefficient (Wildman–Crippen LogP) is 2.68. The monoisotopic (exact) mass is 292 g/mol. The number of carbonyl (C=O) groups is 1. The number of halogens is 1. The van der Waals surface area contributed by atoms with Crippen molar-refractivity contribution in [3.05, 3.63) is 40.2 Å². The van der Waals surface area contributed by atoms with Crippen LogP contribution in [-0.4, -0.2) is 15.7 Å². The molecule has 0 atom stereocenters. The SMILES string of the molecule is Cc1nn(CC(=O)Nc2cccc(N)c2C)c(C)c1Cl. The standard InChI is InChI=1S/C14H17ClN4O/c1-8-11(16)5-4-6-12(8)17-13(20)7-19-10(3)14(15)9(2)18-19/h4-6H,7,16H2,1-3H3,(H,17,20). The topological polar surface area (TPSA) is 72.9 Å². The van der Waals surface area contributed by atoms with E-state index >= 15 is 0 Å². The quantitative estimate of drug-likeness (QED) is 0.854. The highest BCUT2D eigenvalue weighted by Gasteiger charge is 2.13. The number of amides is 1. The first-order valence-electron chi connectivity index (χ1n) is 6.24. The van der Waals surface area contributed by atoms with Crippen LogP contribution in [0.5, 0.6) is 0 Å². The van der Waals surface area contributed by atoms with Crippen molar-refractivity contribution >= 4 is 28.9 Å². The van der Waals surface area contributed by atoms with Gasteiger partial charge < -0.3 is 11.1 Å². The summed E-state index contributed by atoms with van der Waals surface area (Å²) in [4.78, 5) is 12.1. The lowest BCUT2D eigenvalue weighted by Crippen LogP contribution is -2.21. The largest absolute Gasteiger partial charge is 0.398 e. The van der Waals surface area contributed by atoms with Gasteiger partial charge in [-0.1, -0.05) is 17.7 Å². The Balaban J connectivity index is 2.13. The first kappa shape index (κ1) is 14.4. The van der Waals surface area contributed by atoms with Crippen molar-refractivity contribution < 1.29 is 4.79 Å². The molecule has 0 saturated heterocycles. The van der Waals surface area contributed by atoms with Gasteiger partial charge in [-0.3, -0.25) is 9.48 Å². The Morgan fingerprint density at radius 3 is 2.70 bits per heavy atom. The van der Waals surface area contributed by atoms with Crippen molar-refractivity contribution in [1.29, 1.82) is 0 Å². The molecule has 1 amide bonds. The van der Waals surface area contributed by atoms with Crippen LogP contribution in [0.15, 0.2) is 18.2 Å². The van der Waals surface area contributed by atoms with Crippen LogP contribution in [0.4, 0.5) is 11.4 Å². The third-order valence-electron chi connectivity index (χ3n) is 3.24. The molecular formula is C14H17ClN4O. The van der Waals surface area contributed by atoms with E-state index in [4.69, 9.17) is 17.3 Å². The number of rotatable bonds is 3. The molecule has 2 aromatic rings. The molecular weight excluding hydrogens is 276 g/mol. The van der Waals surface area contributed by atoms with Gasteiger partial charge in [-0.25, -0.2) is 0 Å². The molecule has 0 unspecified atom stereocenters. The van der Waals surface area contributed by atoms with Crippen LogP contribution < -0.4 is 11.1 Å². The van der Waals surface area contributed by atoms with E-state index in [1.54, 1.807) is 16.8 Å². The van der Waals surface area contributed by atoms with E-state index in [0.29, 0.717) is 16.4 Å². The second kappa shape index (κ2) is 5.54. The first-order chi connectivity index (χ1) is 9.40. The number of aryl methyl sites for hydroxylation is 1. The number of nitrogens with one attached hydrogen (secondary N) is 1. The third kappa shape index (κ3) is 2.77. The maximum absolute atomic E-state index is 12.1. The Bertz CT molecular complexity index is 663. The number of hydrogen-bond donors (Lipinski definition) is 2. The molecule has 0 aliphatic rings. The zero-order valence-corrected chi connectivity index (χ0v) is 12.5. The summed E-state index contributed by atoms with van der Waals surface area (Å²) in [5.74, 6) is -0.166. The number of benzene rings is 1. The van der Waals surface area contributed by atoms with Crippen molar-refractivity contribution in [2.45, 2.75) is 27.3 Å². The van der Waals surface area contributed by atoms with Gasteiger partial charge in [0.2, 0.25) is 5.91 Å². The second-order valence-corrected chi connectivity index (χ2v) is 5.09. The molecule has 2 rings (SSSR count). The van der Waals surface area contributed by atoms with Crippen LogP contribution >= 0.6 is 11.6 Å². The lowest BCUT2D eigenvalue weighted by Gasteiger charge is -2.10. The van der Waals surface area contributed by atoms with Gasteiger partial charge in [0.25, 0.3) is 0 Å². The molecule has 0 fully saturated rings. The molecule has 0 bridgehead atoms. The van der Waals surface area contributed by atoms with Crippen molar-refractivity contribution in [3.8, 4) is 0 Å². The van der Waals surface area contributed by atoms with Gasteiger partial charge in [-0.05, 0) is 38.5 Å². The van der Waals surface area contributed by atoms with Gasteiger partial charge in [0, 0.05) is 11.4 Å². The van der Waals surface area contributed by atoms with Crippen LogP contribution in [0.1, 0.15) is 17.0 Å². The summed E-state index contributed by atoms with van der Waals surface area (Å²) in [6.07, 6.45) is 0. The van der Waals surface area contributed by atoms with Gasteiger partial charge in [0.15, 0.2) is 0 Å². The van der Waals surface area contributed by atoms with Crippen LogP contribution in [0.2, 0.25) is 5.02 Å². The fraction of sp³-hybridized carbons (Fsp3) is 0.286. The van der Waals surface area contributed by atoms with Gasteiger partial charge in [-0.15, -0.1) is 0 Å². The second-order valence-electron chi connectivity index (χ2n) is 4.71. The Morgan fingerprint density at radius 2 is 2.10 bits per heavy atom. The fourth-order valence-corrected chi connectivity index (χ4v) is 2.08. The number of carbonyl (C=O) groups excluding carboxylic acids is 1. The van der Waals surface area contributed by atoms with Gasteiger partial charge in [0.05, 0.1) is 16.4 Å². The highest BCUT2D eigenvalue weighted by atomic mass is 35.5. The van der Waals surface area contributed by atoms with E-state index < -0.39 is 0 Å². The summed E-state index contributed by atoms with van der Waals surface area (Å²) < 4.78 is 1.59. The molecule has 0 spiro atoms. The minimum absolute atomic E-state index is 0.119. The van der Waals surface area contributed by atoms with Gasteiger partial charge >= 0.3 is 0 Å². The minimum atomic E-state index is -0.166. The summed E-state index contributed by atoms with van der Waals surface area (Å²) in [5, 5.41) is 7.66. The molecule has 0 saturated carbocycles. The van der Waals surface area contributed by atoms with Crippen LogP contribution in [-0.2, 0) is 11.3 Å². The van der Waals surface area contributed by atoms with Crippen LogP contribution in [0.25, 0.3) is 0 Å². The maximum Gasteiger partial charge on any atom is 0.246 e. The number of nitrogens with two attached hydrogens (primary N) is 1. The molecule has 3 N–H and O–H groups in total. The van der Waals surface area contributed by atoms with E-state index in [9.17, 15) is 4.79 Å². The third-order valence-corrected chi connectivity index (χ3v) is 3.78. The molecule has 1 aromatic heterocycles. The van der Waals surface area contributed by atoms with E-state index in [-0.39, 0.29) is 12.5 Å². The lowest BCUT2D eigenvalue weighted by molar-refractivity contribution is -0.116. The summed E-state index contributed by atoms with van der Waals surface area (Å²) >= 11 is 6.06. The number of nitrogen functional groups attached to an aromatic ring is 1. The predicted molar refractivity (Wildman–Crippen MR) is 80.9 cm³/mol. The Labute approximate surface area is 122 Å². The van der Waals surface area contributed by atoms with E-state index in [1.165, 1.54) is 0 Å². The minimum Gasteiger partial charge on any atom is -0.398 e. The maximum atomic E-state index is 12.1. The summed E-state index contributed by atoms with van der Waals surface area (Å²) in [6, 6.07) is 5.42. The number of aromatic nitrogens is 2. The number of nitrogens with zero attached hydrogens (tertiary/aromatic N) is 2. The van der Waals surface area contributed by atoms with E-state index in [2.05, 4.69) is 10.4 Å². The molecule has 0 aliphatic heterocycles. The van der Waals surface area contributed by atoms with Crippen LogP contribution in [0, 0.1) is 20.8 Å². The van der Waals surface area contributed by atoms with E-state index in [1.807, 2.05) is 26.8 Å².